The lowest BCUT2D eigenvalue weighted by atomic mass is 10.3. The first-order valence-corrected chi connectivity index (χ1v) is 7.19. The predicted molar refractivity (Wildman–Crippen MR) is 79.1 cm³/mol. The third kappa shape index (κ3) is 3.26. The molecule has 0 fully saturated rings. The van der Waals surface area contributed by atoms with E-state index in [0.717, 1.165) is 6.42 Å². The molecule has 0 aliphatic heterocycles. The molecule has 0 unspecified atom stereocenters. The minimum atomic E-state index is -0.494. The molecule has 0 bridgehead atoms. The van der Waals surface area contributed by atoms with Gasteiger partial charge in [0, 0.05) is 18.7 Å². The Labute approximate surface area is 127 Å². The fraction of sp³-hybridized carbons (Fsp3) is 0.429. The van der Waals surface area contributed by atoms with Gasteiger partial charge in [-0.25, -0.2) is 9.37 Å². The first kappa shape index (κ1) is 15.6. The van der Waals surface area contributed by atoms with Crippen LogP contribution >= 0.6 is 11.6 Å². The monoisotopic (exact) mass is 313 g/mol. The zero-order chi connectivity index (χ0) is 15.4. The van der Waals surface area contributed by atoms with E-state index < -0.39 is 5.82 Å². The number of hydrogen-bond donors (Lipinski definition) is 1. The van der Waals surface area contributed by atoms with Crippen LogP contribution < -0.4 is 10.1 Å². The number of alkyl halides is 1. The zero-order valence-electron chi connectivity index (χ0n) is 11.9. The first-order valence-electron chi connectivity index (χ1n) is 6.66. The Hall–Kier alpha value is -1.82. The van der Waals surface area contributed by atoms with Crippen LogP contribution in [-0.2, 0) is 17.2 Å². The molecule has 5 nitrogen and oxygen atoms in total. The third-order valence-electron chi connectivity index (χ3n) is 3.09. The van der Waals surface area contributed by atoms with Crippen molar-refractivity contribution in [2.24, 2.45) is 0 Å². The molecule has 1 amide bonds. The van der Waals surface area contributed by atoms with E-state index >= 15 is 0 Å². The van der Waals surface area contributed by atoms with Crippen molar-refractivity contribution in [3.05, 3.63) is 23.8 Å². The second kappa shape index (κ2) is 6.76. The standard InChI is InChI=1S/C14H17ClFN3O2/c1-3-4-17-14(20)8-19-11-6-12(21-2)9(16)5-10(11)18-13(19)7-15/h5-6H,3-4,7-8H2,1-2H3,(H,17,20). The van der Waals surface area contributed by atoms with Gasteiger partial charge in [0.2, 0.25) is 5.91 Å². The molecule has 21 heavy (non-hydrogen) atoms. The first-order chi connectivity index (χ1) is 10.1. The summed E-state index contributed by atoms with van der Waals surface area (Å²) < 4.78 is 20.4. The van der Waals surface area contributed by atoms with Gasteiger partial charge in [0.1, 0.15) is 12.4 Å². The fourth-order valence-electron chi connectivity index (χ4n) is 2.08. The van der Waals surface area contributed by atoms with Gasteiger partial charge in [-0.15, -0.1) is 11.6 Å². The number of rotatable bonds is 6. The average Bonchev–Trinajstić information content (AvgIpc) is 2.81. The summed E-state index contributed by atoms with van der Waals surface area (Å²) in [6, 6.07) is 2.81. The SMILES string of the molecule is CCCNC(=O)Cn1c(CCl)nc2cc(F)c(OC)cc21. The van der Waals surface area contributed by atoms with Crippen molar-refractivity contribution < 1.29 is 13.9 Å². The molecule has 1 aromatic carbocycles. The molecule has 0 aliphatic rings. The second-order valence-electron chi connectivity index (χ2n) is 4.57. The number of ether oxygens (including phenoxy) is 1. The Bertz CT molecular complexity index is 657. The number of aromatic nitrogens is 2. The van der Waals surface area contributed by atoms with E-state index in [1.54, 1.807) is 4.57 Å². The van der Waals surface area contributed by atoms with Crippen LogP contribution in [0.4, 0.5) is 4.39 Å². The molecule has 0 atom stereocenters. The Morgan fingerprint density at radius 2 is 2.29 bits per heavy atom. The number of nitrogens with zero attached hydrogens (tertiary/aromatic N) is 2. The predicted octanol–water partition coefficient (Wildman–Crippen LogP) is 2.45. The van der Waals surface area contributed by atoms with Crippen LogP contribution in [0.1, 0.15) is 19.2 Å². The van der Waals surface area contributed by atoms with Crippen molar-refractivity contribution in [3.63, 3.8) is 0 Å². The number of fused-ring (bicyclic) bond motifs is 1. The van der Waals surface area contributed by atoms with Crippen molar-refractivity contribution in [2.45, 2.75) is 25.8 Å². The van der Waals surface area contributed by atoms with Crippen LogP contribution in [0.15, 0.2) is 12.1 Å². The van der Waals surface area contributed by atoms with Crippen molar-refractivity contribution in [1.82, 2.24) is 14.9 Å². The number of methoxy groups -OCH3 is 1. The van der Waals surface area contributed by atoms with Gasteiger partial charge >= 0.3 is 0 Å². The van der Waals surface area contributed by atoms with Crippen molar-refractivity contribution in [1.29, 1.82) is 0 Å². The third-order valence-corrected chi connectivity index (χ3v) is 3.33. The highest BCUT2D eigenvalue weighted by molar-refractivity contribution is 6.16. The van der Waals surface area contributed by atoms with Gasteiger partial charge in [-0.2, -0.15) is 0 Å². The summed E-state index contributed by atoms with van der Waals surface area (Å²) in [7, 11) is 1.39. The molecule has 0 radical (unpaired) electrons. The molecular weight excluding hydrogens is 297 g/mol. The lowest BCUT2D eigenvalue weighted by Crippen LogP contribution is -2.28. The summed E-state index contributed by atoms with van der Waals surface area (Å²) in [4.78, 5) is 16.2. The molecule has 1 N–H and O–H groups in total. The number of imidazole rings is 1. The number of carbonyl (C=O) groups excluding carboxylic acids is 1. The largest absolute Gasteiger partial charge is 0.494 e. The number of halogens is 2. The van der Waals surface area contributed by atoms with Gasteiger partial charge in [0.15, 0.2) is 11.6 Å². The highest BCUT2D eigenvalue weighted by Gasteiger charge is 2.16. The summed E-state index contributed by atoms with van der Waals surface area (Å²) in [6.45, 7) is 2.68. The smallest absolute Gasteiger partial charge is 0.240 e. The van der Waals surface area contributed by atoms with E-state index in [1.807, 2.05) is 6.92 Å². The van der Waals surface area contributed by atoms with Crippen LogP contribution in [0, 0.1) is 5.82 Å². The molecule has 0 spiro atoms. The number of benzene rings is 1. The molecular formula is C14H17ClFN3O2. The molecule has 0 saturated heterocycles. The number of nitrogens with one attached hydrogen (secondary N) is 1. The minimum absolute atomic E-state index is 0.0906. The molecule has 0 aliphatic carbocycles. The summed E-state index contributed by atoms with van der Waals surface area (Å²) in [5.41, 5.74) is 1.07. The molecule has 114 valence electrons. The number of amides is 1. The summed E-state index contributed by atoms with van der Waals surface area (Å²) in [5.74, 6) is 0.140. The zero-order valence-corrected chi connectivity index (χ0v) is 12.7. The maximum absolute atomic E-state index is 13.7. The topological polar surface area (TPSA) is 56.2 Å². The van der Waals surface area contributed by atoms with E-state index in [1.165, 1.54) is 19.2 Å². The molecule has 2 rings (SSSR count). The molecule has 2 aromatic rings. The quantitative estimate of drug-likeness (QED) is 0.833. The van der Waals surface area contributed by atoms with Gasteiger partial charge in [-0.05, 0) is 6.42 Å². The van der Waals surface area contributed by atoms with Gasteiger partial charge in [-0.3, -0.25) is 4.79 Å². The fourth-order valence-corrected chi connectivity index (χ4v) is 2.28. The van der Waals surface area contributed by atoms with Gasteiger partial charge < -0.3 is 14.6 Å². The second-order valence-corrected chi connectivity index (χ2v) is 4.84. The van der Waals surface area contributed by atoms with Crippen LogP contribution in [-0.4, -0.2) is 29.1 Å². The van der Waals surface area contributed by atoms with Crippen LogP contribution in [0.25, 0.3) is 11.0 Å². The highest BCUT2D eigenvalue weighted by Crippen LogP contribution is 2.26. The van der Waals surface area contributed by atoms with Crippen molar-refractivity contribution in [2.75, 3.05) is 13.7 Å². The molecule has 0 saturated carbocycles. The molecule has 1 heterocycles. The maximum Gasteiger partial charge on any atom is 0.240 e. The number of carbonyl (C=O) groups is 1. The molecule has 7 heteroatoms. The average molecular weight is 314 g/mol. The highest BCUT2D eigenvalue weighted by atomic mass is 35.5. The van der Waals surface area contributed by atoms with E-state index in [-0.39, 0.29) is 24.1 Å². The Balaban J connectivity index is 2.42. The summed E-state index contributed by atoms with van der Waals surface area (Å²) in [5, 5.41) is 2.79. The lowest BCUT2D eigenvalue weighted by Gasteiger charge is -2.09. The Kier molecular flexibility index (Phi) is 5.01. The van der Waals surface area contributed by atoms with Gasteiger partial charge in [0.05, 0.1) is 24.0 Å². The van der Waals surface area contributed by atoms with Crippen LogP contribution in [0.5, 0.6) is 5.75 Å². The van der Waals surface area contributed by atoms with Crippen LogP contribution in [0.2, 0.25) is 0 Å². The van der Waals surface area contributed by atoms with E-state index in [4.69, 9.17) is 16.3 Å². The normalized spacial score (nSPS) is 10.9. The van der Waals surface area contributed by atoms with Crippen molar-refractivity contribution in [3.8, 4) is 5.75 Å². The van der Waals surface area contributed by atoms with Gasteiger partial charge in [-0.1, -0.05) is 6.92 Å². The van der Waals surface area contributed by atoms with Gasteiger partial charge in [0.25, 0.3) is 0 Å². The maximum atomic E-state index is 13.7. The minimum Gasteiger partial charge on any atom is -0.494 e. The molecule has 1 aromatic heterocycles. The number of hydrogen-bond acceptors (Lipinski definition) is 3. The van der Waals surface area contributed by atoms with E-state index in [9.17, 15) is 9.18 Å². The summed E-state index contributed by atoms with van der Waals surface area (Å²) in [6.07, 6.45) is 0.859. The van der Waals surface area contributed by atoms with Crippen LogP contribution in [0.3, 0.4) is 0 Å². The lowest BCUT2D eigenvalue weighted by molar-refractivity contribution is -0.121. The van der Waals surface area contributed by atoms with E-state index in [0.29, 0.717) is 23.4 Å². The summed E-state index contributed by atoms with van der Waals surface area (Å²) >= 11 is 5.86. The van der Waals surface area contributed by atoms with E-state index in [2.05, 4.69) is 10.3 Å². The Morgan fingerprint density at radius 3 is 2.90 bits per heavy atom. The Morgan fingerprint density at radius 1 is 1.52 bits per heavy atom. The van der Waals surface area contributed by atoms with Crippen molar-refractivity contribution >= 4 is 28.5 Å².